The Bertz CT molecular complexity index is 1280. The van der Waals surface area contributed by atoms with Crippen LogP contribution in [0.15, 0.2) is 70.5 Å². The van der Waals surface area contributed by atoms with Crippen molar-refractivity contribution in [3.05, 3.63) is 77.6 Å². The number of carbonyl (C=O) groups is 1. The first-order valence-corrected chi connectivity index (χ1v) is 11.8. The molecule has 1 heterocycles. The number of nitrogens with one attached hydrogen (secondary N) is 2. The first kappa shape index (κ1) is 22.6. The van der Waals surface area contributed by atoms with Gasteiger partial charge in [0.25, 0.3) is 0 Å². The Morgan fingerprint density at radius 2 is 1.70 bits per heavy atom. The van der Waals surface area contributed by atoms with E-state index in [1.54, 1.807) is 0 Å². The monoisotopic (exact) mass is 470 g/mol. The zero-order chi connectivity index (χ0) is 23.4. The molecule has 0 atom stereocenters. The maximum atomic E-state index is 14.0. The van der Waals surface area contributed by atoms with Crippen molar-refractivity contribution in [3.8, 4) is 11.5 Å². The Balaban J connectivity index is 1.50. The number of ether oxygens (including phenoxy) is 2. The van der Waals surface area contributed by atoms with Gasteiger partial charge in [0.05, 0.1) is 22.0 Å². The summed E-state index contributed by atoms with van der Waals surface area (Å²) in [5.41, 5.74) is 2.18. The third-order valence-electron chi connectivity index (χ3n) is 5.11. The van der Waals surface area contributed by atoms with Crippen molar-refractivity contribution in [2.24, 2.45) is 0 Å². The molecular formula is C24H23FN2O5S. The van der Waals surface area contributed by atoms with Gasteiger partial charge in [-0.1, -0.05) is 29.8 Å². The molecule has 7 nitrogen and oxygen atoms in total. The van der Waals surface area contributed by atoms with E-state index in [-0.39, 0.29) is 27.9 Å². The van der Waals surface area contributed by atoms with Gasteiger partial charge in [-0.2, -0.15) is 0 Å². The minimum Gasteiger partial charge on any atom is -0.486 e. The van der Waals surface area contributed by atoms with Gasteiger partial charge in [-0.05, 0) is 42.8 Å². The van der Waals surface area contributed by atoms with E-state index in [2.05, 4.69) is 10.6 Å². The second-order valence-corrected chi connectivity index (χ2v) is 9.48. The molecule has 172 valence electrons. The maximum absolute atomic E-state index is 14.0. The van der Waals surface area contributed by atoms with E-state index in [0.717, 1.165) is 23.3 Å². The Hall–Kier alpha value is -3.59. The first-order valence-electron chi connectivity index (χ1n) is 10.3. The average molecular weight is 471 g/mol. The van der Waals surface area contributed by atoms with Crippen LogP contribution in [-0.4, -0.2) is 34.1 Å². The van der Waals surface area contributed by atoms with Crippen LogP contribution in [-0.2, 0) is 21.2 Å². The zero-order valence-electron chi connectivity index (χ0n) is 17.9. The maximum Gasteiger partial charge on any atom is 0.239 e. The van der Waals surface area contributed by atoms with Gasteiger partial charge in [0.2, 0.25) is 15.7 Å². The van der Waals surface area contributed by atoms with Crippen molar-refractivity contribution in [1.29, 1.82) is 0 Å². The van der Waals surface area contributed by atoms with Crippen LogP contribution >= 0.6 is 0 Å². The van der Waals surface area contributed by atoms with Crippen molar-refractivity contribution < 1.29 is 27.1 Å². The van der Waals surface area contributed by atoms with Crippen molar-refractivity contribution in [1.82, 2.24) is 5.32 Å². The smallest absolute Gasteiger partial charge is 0.239 e. The van der Waals surface area contributed by atoms with Crippen molar-refractivity contribution in [2.75, 3.05) is 25.1 Å². The third-order valence-corrected chi connectivity index (χ3v) is 6.90. The van der Waals surface area contributed by atoms with E-state index in [0.29, 0.717) is 31.3 Å². The summed E-state index contributed by atoms with van der Waals surface area (Å²) < 4.78 is 51.4. The lowest BCUT2D eigenvalue weighted by molar-refractivity contribution is -0.119. The average Bonchev–Trinajstić information content (AvgIpc) is 2.82. The molecule has 0 spiro atoms. The number of anilines is 1. The fraction of sp³-hybridized carbons (Fsp3) is 0.208. The lowest BCUT2D eigenvalue weighted by atomic mass is 10.1. The number of hydrogen-bond donors (Lipinski definition) is 2. The summed E-state index contributed by atoms with van der Waals surface area (Å²) in [5.74, 6) is -0.283. The summed E-state index contributed by atoms with van der Waals surface area (Å²) in [6, 6.07) is 15.3. The number of sulfone groups is 1. The SMILES string of the molecule is Cc1ccc(CNC(=O)CNc2ccc(F)cc2S(=O)(=O)c2ccc3c(c2)OCCO3)cc1. The molecule has 0 bridgehead atoms. The Kier molecular flexibility index (Phi) is 6.50. The van der Waals surface area contributed by atoms with Crippen LogP contribution in [0.1, 0.15) is 11.1 Å². The molecule has 1 aliphatic heterocycles. The van der Waals surface area contributed by atoms with Crippen molar-refractivity contribution >= 4 is 21.4 Å². The largest absolute Gasteiger partial charge is 0.486 e. The van der Waals surface area contributed by atoms with Gasteiger partial charge in [0, 0.05) is 12.6 Å². The van der Waals surface area contributed by atoms with Gasteiger partial charge < -0.3 is 20.1 Å². The van der Waals surface area contributed by atoms with Crippen LogP contribution in [0.4, 0.5) is 10.1 Å². The molecule has 3 aromatic rings. The standard InChI is InChI=1S/C24H23FN2O5S/c1-16-2-4-17(5-3-16)14-27-24(28)15-26-20-8-6-18(25)12-23(20)33(29,30)19-7-9-21-22(13-19)32-11-10-31-21/h2-9,12-13,26H,10-11,14-15H2,1H3,(H,27,28). The molecule has 1 aliphatic rings. The van der Waals surface area contributed by atoms with Gasteiger partial charge in [0.1, 0.15) is 19.0 Å². The predicted octanol–water partition coefficient (Wildman–Crippen LogP) is 3.47. The van der Waals surface area contributed by atoms with Crippen LogP contribution < -0.4 is 20.1 Å². The number of amides is 1. The lowest BCUT2D eigenvalue weighted by Gasteiger charge is -2.19. The Labute approximate surface area is 191 Å². The zero-order valence-corrected chi connectivity index (χ0v) is 18.7. The van der Waals surface area contributed by atoms with Crippen LogP contribution in [0, 0.1) is 12.7 Å². The fourth-order valence-electron chi connectivity index (χ4n) is 3.33. The van der Waals surface area contributed by atoms with E-state index in [9.17, 15) is 17.6 Å². The number of carbonyl (C=O) groups excluding carboxylic acids is 1. The fourth-order valence-corrected chi connectivity index (χ4v) is 4.79. The number of hydrogen-bond acceptors (Lipinski definition) is 6. The van der Waals surface area contributed by atoms with Crippen LogP contribution in [0.25, 0.3) is 0 Å². The summed E-state index contributed by atoms with van der Waals surface area (Å²) in [5, 5.41) is 5.58. The second-order valence-electron chi connectivity index (χ2n) is 7.57. The number of fused-ring (bicyclic) bond motifs is 1. The third kappa shape index (κ3) is 5.25. The minimum atomic E-state index is -4.10. The van der Waals surface area contributed by atoms with Gasteiger partial charge in [-0.3, -0.25) is 4.79 Å². The molecule has 4 rings (SSSR count). The van der Waals surface area contributed by atoms with E-state index < -0.39 is 15.7 Å². The molecule has 0 unspecified atom stereocenters. The molecule has 9 heteroatoms. The lowest BCUT2D eigenvalue weighted by Crippen LogP contribution is -2.29. The van der Waals surface area contributed by atoms with Crippen LogP contribution in [0.5, 0.6) is 11.5 Å². The number of rotatable bonds is 7. The van der Waals surface area contributed by atoms with Crippen molar-refractivity contribution in [3.63, 3.8) is 0 Å². The molecule has 2 N–H and O–H groups in total. The minimum absolute atomic E-state index is 0.0655. The van der Waals surface area contributed by atoms with E-state index >= 15 is 0 Å². The quantitative estimate of drug-likeness (QED) is 0.549. The molecule has 0 aliphatic carbocycles. The van der Waals surface area contributed by atoms with Gasteiger partial charge in [0.15, 0.2) is 11.5 Å². The van der Waals surface area contributed by atoms with E-state index in [4.69, 9.17) is 9.47 Å². The normalized spacial score (nSPS) is 12.8. The van der Waals surface area contributed by atoms with Gasteiger partial charge in [-0.15, -0.1) is 0 Å². The molecule has 1 amide bonds. The number of benzene rings is 3. The molecule has 0 saturated carbocycles. The number of halogens is 1. The highest BCUT2D eigenvalue weighted by Gasteiger charge is 2.25. The van der Waals surface area contributed by atoms with Crippen molar-refractivity contribution in [2.45, 2.75) is 23.3 Å². The highest BCUT2D eigenvalue weighted by atomic mass is 32.2. The Morgan fingerprint density at radius 3 is 2.45 bits per heavy atom. The predicted molar refractivity (Wildman–Crippen MR) is 121 cm³/mol. The summed E-state index contributed by atoms with van der Waals surface area (Å²) >= 11 is 0. The van der Waals surface area contributed by atoms with Gasteiger partial charge in [-0.25, -0.2) is 12.8 Å². The summed E-state index contributed by atoms with van der Waals surface area (Å²) in [7, 11) is -4.10. The molecule has 0 saturated heterocycles. The summed E-state index contributed by atoms with van der Waals surface area (Å²) in [6.45, 7) is 2.82. The molecule has 0 aromatic heterocycles. The van der Waals surface area contributed by atoms with Crippen LogP contribution in [0.3, 0.4) is 0 Å². The van der Waals surface area contributed by atoms with E-state index in [1.165, 1.54) is 24.3 Å². The summed E-state index contributed by atoms with van der Waals surface area (Å²) in [6.07, 6.45) is 0. The number of aryl methyl sites for hydroxylation is 1. The molecule has 33 heavy (non-hydrogen) atoms. The first-order chi connectivity index (χ1) is 15.8. The molecule has 0 radical (unpaired) electrons. The highest BCUT2D eigenvalue weighted by molar-refractivity contribution is 7.91. The molecule has 3 aromatic carbocycles. The highest BCUT2D eigenvalue weighted by Crippen LogP contribution is 2.35. The Morgan fingerprint density at radius 1 is 0.970 bits per heavy atom. The van der Waals surface area contributed by atoms with Gasteiger partial charge >= 0.3 is 0 Å². The topological polar surface area (TPSA) is 93.7 Å². The summed E-state index contributed by atoms with van der Waals surface area (Å²) in [4.78, 5) is 11.9. The van der Waals surface area contributed by atoms with Crippen LogP contribution in [0.2, 0.25) is 0 Å². The molecule has 0 fully saturated rings. The molecular weight excluding hydrogens is 447 g/mol. The second kappa shape index (κ2) is 9.50. The van der Waals surface area contributed by atoms with E-state index in [1.807, 2.05) is 31.2 Å².